The fourth-order valence-electron chi connectivity index (χ4n) is 2.57. The summed E-state index contributed by atoms with van der Waals surface area (Å²) in [7, 11) is -3.91. The SMILES string of the molecule is N#Cc1ccc([C@@H](O)P(=O)(OCc2ccccc2)OCc2ccccc2)cc1. The molecule has 0 bridgehead atoms. The average Bonchev–Trinajstić information content (AvgIpc) is 2.77. The van der Waals surface area contributed by atoms with Crippen LogP contribution in [-0.2, 0) is 26.8 Å². The zero-order valence-corrected chi connectivity index (χ0v) is 16.0. The first kappa shape index (κ1) is 20.0. The molecule has 3 rings (SSSR count). The van der Waals surface area contributed by atoms with E-state index in [0.717, 1.165) is 11.1 Å². The average molecular weight is 393 g/mol. The van der Waals surface area contributed by atoms with Crippen LogP contribution < -0.4 is 0 Å². The van der Waals surface area contributed by atoms with E-state index >= 15 is 0 Å². The lowest BCUT2D eigenvalue weighted by molar-refractivity contribution is 0.133. The summed E-state index contributed by atoms with van der Waals surface area (Å²) >= 11 is 0. The van der Waals surface area contributed by atoms with Crippen LogP contribution in [0.5, 0.6) is 0 Å². The molecule has 0 aromatic heterocycles. The van der Waals surface area contributed by atoms with Crippen LogP contribution in [0.15, 0.2) is 84.9 Å². The van der Waals surface area contributed by atoms with Gasteiger partial charge in [-0.15, -0.1) is 0 Å². The molecule has 0 radical (unpaired) electrons. The van der Waals surface area contributed by atoms with E-state index in [4.69, 9.17) is 14.3 Å². The first-order valence-electron chi connectivity index (χ1n) is 8.75. The maximum absolute atomic E-state index is 13.5. The molecular weight excluding hydrogens is 373 g/mol. The summed E-state index contributed by atoms with van der Waals surface area (Å²) in [6, 6.07) is 26.7. The molecule has 0 aliphatic heterocycles. The first-order chi connectivity index (χ1) is 13.6. The third-order valence-electron chi connectivity index (χ3n) is 4.15. The molecule has 6 heteroatoms. The highest BCUT2D eigenvalue weighted by molar-refractivity contribution is 7.54. The minimum Gasteiger partial charge on any atom is -0.376 e. The van der Waals surface area contributed by atoms with Gasteiger partial charge in [-0.05, 0) is 28.8 Å². The second-order valence-corrected chi connectivity index (χ2v) is 8.25. The molecule has 0 fully saturated rings. The van der Waals surface area contributed by atoms with Crippen molar-refractivity contribution in [2.24, 2.45) is 0 Å². The molecule has 0 amide bonds. The molecule has 28 heavy (non-hydrogen) atoms. The molecule has 3 aromatic rings. The van der Waals surface area contributed by atoms with E-state index in [9.17, 15) is 9.67 Å². The van der Waals surface area contributed by atoms with E-state index < -0.39 is 13.4 Å². The minimum absolute atomic E-state index is 0.0419. The van der Waals surface area contributed by atoms with Crippen molar-refractivity contribution in [3.8, 4) is 6.07 Å². The third-order valence-corrected chi connectivity index (χ3v) is 6.02. The van der Waals surface area contributed by atoms with Crippen molar-refractivity contribution < 1.29 is 18.7 Å². The van der Waals surface area contributed by atoms with E-state index in [1.807, 2.05) is 66.7 Å². The third kappa shape index (κ3) is 5.16. The summed E-state index contributed by atoms with van der Waals surface area (Å²) in [6.07, 6.45) is 0. The Balaban J connectivity index is 1.81. The van der Waals surface area contributed by atoms with Gasteiger partial charge in [-0.1, -0.05) is 72.8 Å². The molecule has 0 saturated carbocycles. The topological polar surface area (TPSA) is 79.5 Å². The molecule has 0 saturated heterocycles. The Labute approximate surface area is 164 Å². The summed E-state index contributed by atoms with van der Waals surface area (Å²) in [4.78, 5) is 0. The molecule has 142 valence electrons. The van der Waals surface area contributed by atoms with Crippen LogP contribution in [0.2, 0.25) is 0 Å². The Morgan fingerprint density at radius 1 is 0.821 bits per heavy atom. The van der Waals surface area contributed by atoms with E-state index in [1.54, 1.807) is 24.3 Å². The van der Waals surface area contributed by atoms with Gasteiger partial charge in [0.05, 0.1) is 24.8 Å². The number of benzene rings is 3. The van der Waals surface area contributed by atoms with Gasteiger partial charge in [-0.3, -0.25) is 4.57 Å². The van der Waals surface area contributed by atoms with Crippen LogP contribution in [-0.4, -0.2) is 5.11 Å². The Hall–Kier alpha value is -2.74. The van der Waals surface area contributed by atoms with E-state index in [-0.39, 0.29) is 13.2 Å². The monoisotopic (exact) mass is 393 g/mol. The van der Waals surface area contributed by atoms with Crippen molar-refractivity contribution >= 4 is 7.60 Å². The van der Waals surface area contributed by atoms with Gasteiger partial charge < -0.3 is 14.2 Å². The number of nitrogens with zero attached hydrogens (tertiary/aromatic N) is 1. The van der Waals surface area contributed by atoms with Gasteiger partial charge >= 0.3 is 7.60 Å². The molecule has 1 N–H and O–H groups in total. The van der Waals surface area contributed by atoms with Crippen LogP contribution in [0.25, 0.3) is 0 Å². The zero-order chi connectivity index (χ0) is 19.8. The predicted molar refractivity (Wildman–Crippen MR) is 106 cm³/mol. The van der Waals surface area contributed by atoms with Crippen molar-refractivity contribution in [2.75, 3.05) is 0 Å². The van der Waals surface area contributed by atoms with Gasteiger partial charge in [0, 0.05) is 0 Å². The van der Waals surface area contributed by atoms with Gasteiger partial charge in [0.1, 0.15) is 0 Å². The minimum atomic E-state index is -3.91. The molecule has 0 heterocycles. The lowest BCUT2D eigenvalue weighted by Crippen LogP contribution is -2.07. The normalized spacial score (nSPS) is 12.3. The second kappa shape index (κ2) is 9.45. The molecule has 1 atom stereocenters. The van der Waals surface area contributed by atoms with Crippen LogP contribution in [0.1, 0.15) is 28.1 Å². The molecule has 0 aliphatic carbocycles. The standard InChI is InChI=1S/C22H20NO4P/c23-15-18-11-13-21(14-12-18)22(24)28(25,26-16-19-7-3-1-4-8-19)27-17-20-9-5-2-6-10-20/h1-14,22,24H,16-17H2/t22-/m0/s1. The van der Waals surface area contributed by atoms with Crippen molar-refractivity contribution in [2.45, 2.75) is 19.1 Å². The fraction of sp³-hybridized carbons (Fsp3) is 0.136. The van der Waals surface area contributed by atoms with Crippen molar-refractivity contribution in [1.82, 2.24) is 0 Å². The first-order valence-corrected chi connectivity index (χ1v) is 10.4. The Kier molecular flexibility index (Phi) is 6.76. The largest absolute Gasteiger partial charge is 0.376 e. The summed E-state index contributed by atoms with van der Waals surface area (Å²) in [6.45, 7) is 0.0838. The van der Waals surface area contributed by atoms with Crippen molar-refractivity contribution in [1.29, 1.82) is 5.26 Å². The smallest absolute Gasteiger partial charge is 0.364 e. The van der Waals surface area contributed by atoms with Crippen molar-refractivity contribution in [3.05, 3.63) is 107 Å². The molecule has 0 unspecified atom stereocenters. The second-order valence-electron chi connectivity index (χ2n) is 6.17. The zero-order valence-electron chi connectivity index (χ0n) is 15.1. The lowest BCUT2D eigenvalue weighted by atomic mass is 10.2. The van der Waals surface area contributed by atoms with E-state index in [1.165, 1.54) is 0 Å². The summed E-state index contributed by atoms with van der Waals surface area (Å²) in [5.74, 6) is -1.47. The highest BCUT2D eigenvalue weighted by Crippen LogP contribution is 2.60. The Morgan fingerprint density at radius 2 is 1.29 bits per heavy atom. The van der Waals surface area contributed by atoms with E-state index in [2.05, 4.69) is 0 Å². The predicted octanol–water partition coefficient (Wildman–Crippen LogP) is 5.18. The molecule has 0 spiro atoms. The number of hydrogen-bond donors (Lipinski definition) is 1. The van der Waals surface area contributed by atoms with Gasteiger partial charge in [-0.25, -0.2) is 0 Å². The Bertz CT molecular complexity index is 921. The molecule has 0 aliphatic rings. The van der Waals surface area contributed by atoms with Gasteiger partial charge in [0.2, 0.25) is 0 Å². The summed E-state index contributed by atoms with van der Waals surface area (Å²) in [5.41, 5.74) is 2.45. The maximum Gasteiger partial charge on any atom is 0.364 e. The van der Waals surface area contributed by atoms with E-state index in [0.29, 0.717) is 11.1 Å². The van der Waals surface area contributed by atoms with Crippen LogP contribution in [0, 0.1) is 11.3 Å². The maximum atomic E-state index is 13.5. The number of hydrogen-bond acceptors (Lipinski definition) is 5. The van der Waals surface area contributed by atoms with Gasteiger partial charge in [-0.2, -0.15) is 5.26 Å². The number of nitriles is 1. The number of aliphatic hydroxyl groups is 1. The molecular formula is C22H20NO4P. The van der Waals surface area contributed by atoms with Crippen LogP contribution >= 0.6 is 7.60 Å². The highest BCUT2D eigenvalue weighted by atomic mass is 31.2. The highest BCUT2D eigenvalue weighted by Gasteiger charge is 2.36. The quantitative estimate of drug-likeness (QED) is 0.534. The molecule has 5 nitrogen and oxygen atoms in total. The summed E-state index contributed by atoms with van der Waals surface area (Å²) in [5, 5.41) is 19.7. The number of aliphatic hydroxyl groups excluding tert-OH is 1. The van der Waals surface area contributed by atoms with Crippen LogP contribution in [0.3, 0.4) is 0 Å². The van der Waals surface area contributed by atoms with Crippen molar-refractivity contribution in [3.63, 3.8) is 0 Å². The number of rotatable bonds is 8. The van der Waals surface area contributed by atoms with Crippen LogP contribution in [0.4, 0.5) is 0 Å². The summed E-state index contributed by atoms with van der Waals surface area (Å²) < 4.78 is 24.7. The van der Waals surface area contributed by atoms with Gasteiger partial charge in [0.15, 0.2) is 5.85 Å². The Morgan fingerprint density at radius 3 is 1.71 bits per heavy atom. The molecule has 3 aromatic carbocycles. The lowest BCUT2D eigenvalue weighted by Gasteiger charge is -2.24. The fourth-order valence-corrected chi connectivity index (χ4v) is 4.12. The van der Waals surface area contributed by atoms with Gasteiger partial charge in [0.25, 0.3) is 0 Å².